The van der Waals surface area contributed by atoms with Crippen molar-refractivity contribution in [2.75, 3.05) is 51.4 Å². The molecule has 0 aliphatic carbocycles. The van der Waals surface area contributed by atoms with E-state index in [4.69, 9.17) is 9.47 Å². The third-order valence-electron chi connectivity index (χ3n) is 4.16. The Bertz CT molecular complexity index is 488. The largest absolute Gasteiger partial charge is 0.382 e. The highest BCUT2D eigenvalue weighted by molar-refractivity contribution is 5.94. The van der Waals surface area contributed by atoms with Crippen molar-refractivity contribution in [1.29, 1.82) is 0 Å². The van der Waals surface area contributed by atoms with E-state index in [1.54, 1.807) is 13.3 Å². The van der Waals surface area contributed by atoms with Crippen LogP contribution in [-0.4, -0.2) is 68.4 Å². The quantitative estimate of drug-likeness (QED) is 0.684. The minimum atomic E-state index is 0.0291. The molecule has 0 bridgehead atoms. The molecule has 1 fully saturated rings. The van der Waals surface area contributed by atoms with Gasteiger partial charge in [-0.3, -0.25) is 4.79 Å². The molecule has 1 aromatic heterocycles. The lowest BCUT2D eigenvalue weighted by Crippen LogP contribution is -2.30. The fraction of sp³-hybridized carbons (Fsp3) is 0.647. The standard InChI is InChI=1S/C17H27N3O3/c1-4-19(5-2)16-7-6-14(12-18-16)17(21)20-9-8-15(13-20)23-11-10-22-3/h6-7,12,15H,4-5,8-11,13H2,1-3H3/t15-/m1/s1. The average molecular weight is 321 g/mol. The number of anilines is 1. The number of aromatic nitrogens is 1. The van der Waals surface area contributed by atoms with Gasteiger partial charge in [0.1, 0.15) is 5.82 Å². The van der Waals surface area contributed by atoms with Crippen molar-refractivity contribution in [3.05, 3.63) is 23.9 Å². The number of carbonyl (C=O) groups excluding carboxylic acids is 1. The van der Waals surface area contributed by atoms with Gasteiger partial charge in [0.05, 0.1) is 24.9 Å². The van der Waals surface area contributed by atoms with Crippen LogP contribution in [0.1, 0.15) is 30.6 Å². The number of ether oxygens (including phenoxy) is 2. The van der Waals surface area contributed by atoms with Crippen LogP contribution >= 0.6 is 0 Å². The number of carbonyl (C=O) groups is 1. The Balaban J connectivity index is 1.91. The van der Waals surface area contributed by atoms with Crippen molar-refractivity contribution in [2.24, 2.45) is 0 Å². The molecule has 1 amide bonds. The van der Waals surface area contributed by atoms with Crippen LogP contribution in [0.25, 0.3) is 0 Å². The van der Waals surface area contributed by atoms with Crippen LogP contribution in [-0.2, 0) is 9.47 Å². The third kappa shape index (κ3) is 4.65. The van der Waals surface area contributed by atoms with E-state index in [0.29, 0.717) is 25.3 Å². The maximum atomic E-state index is 12.5. The van der Waals surface area contributed by atoms with E-state index in [1.807, 2.05) is 17.0 Å². The van der Waals surface area contributed by atoms with Crippen molar-refractivity contribution in [3.8, 4) is 0 Å². The number of hydrogen-bond acceptors (Lipinski definition) is 5. The van der Waals surface area contributed by atoms with Gasteiger partial charge < -0.3 is 19.3 Å². The van der Waals surface area contributed by atoms with E-state index >= 15 is 0 Å². The molecule has 0 N–H and O–H groups in total. The lowest BCUT2D eigenvalue weighted by atomic mass is 10.2. The monoisotopic (exact) mass is 321 g/mol. The van der Waals surface area contributed by atoms with Crippen LogP contribution in [0.15, 0.2) is 18.3 Å². The zero-order chi connectivity index (χ0) is 16.7. The van der Waals surface area contributed by atoms with Gasteiger partial charge in [0.2, 0.25) is 0 Å². The van der Waals surface area contributed by atoms with Gasteiger partial charge in [-0.2, -0.15) is 0 Å². The molecule has 0 radical (unpaired) electrons. The van der Waals surface area contributed by atoms with Gasteiger partial charge in [-0.15, -0.1) is 0 Å². The Hall–Kier alpha value is -1.66. The first-order valence-electron chi connectivity index (χ1n) is 8.30. The number of nitrogens with zero attached hydrogens (tertiary/aromatic N) is 3. The van der Waals surface area contributed by atoms with Crippen LogP contribution in [0.4, 0.5) is 5.82 Å². The topological polar surface area (TPSA) is 54.9 Å². The van der Waals surface area contributed by atoms with E-state index in [2.05, 4.69) is 23.7 Å². The van der Waals surface area contributed by atoms with Crippen molar-refractivity contribution in [2.45, 2.75) is 26.4 Å². The van der Waals surface area contributed by atoms with E-state index in [9.17, 15) is 4.79 Å². The van der Waals surface area contributed by atoms with Gasteiger partial charge >= 0.3 is 0 Å². The van der Waals surface area contributed by atoms with E-state index in [-0.39, 0.29) is 12.0 Å². The second-order valence-corrected chi connectivity index (χ2v) is 5.60. The molecule has 2 rings (SSSR count). The van der Waals surface area contributed by atoms with Crippen LogP contribution in [0.3, 0.4) is 0 Å². The maximum Gasteiger partial charge on any atom is 0.255 e. The van der Waals surface area contributed by atoms with E-state index in [0.717, 1.165) is 31.9 Å². The molecule has 0 aromatic carbocycles. The Morgan fingerprint density at radius 1 is 1.35 bits per heavy atom. The van der Waals surface area contributed by atoms with Crippen molar-refractivity contribution in [1.82, 2.24) is 9.88 Å². The molecule has 1 aromatic rings. The predicted octanol–water partition coefficient (Wildman–Crippen LogP) is 1.81. The third-order valence-corrected chi connectivity index (χ3v) is 4.16. The molecule has 2 heterocycles. The Kier molecular flexibility index (Phi) is 6.80. The molecule has 0 unspecified atom stereocenters. The second kappa shape index (κ2) is 8.84. The summed E-state index contributed by atoms with van der Waals surface area (Å²) >= 11 is 0. The first-order chi connectivity index (χ1) is 11.2. The predicted molar refractivity (Wildman–Crippen MR) is 89.9 cm³/mol. The Morgan fingerprint density at radius 3 is 2.74 bits per heavy atom. The first-order valence-corrected chi connectivity index (χ1v) is 8.30. The molecule has 23 heavy (non-hydrogen) atoms. The van der Waals surface area contributed by atoms with Gasteiger partial charge in [0, 0.05) is 39.5 Å². The fourth-order valence-electron chi connectivity index (χ4n) is 2.78. The normalized spacial score (nSPS) is 17.5. The molecule has 0 spiro atoms. The molecule has 1 saturated heterocycles. The Labute approximate surface area is 138 Å². The zero-order valence-corrected chi connectivity index (χ0v) is 14.3. The Morgan fingerprint density at radius 2 is 2.13 bits per heavy atom. The van der Waals surface area contributed by atoms with E-state index in [1.165, 1.54) is 0 Å². The van der Waals surface area contributed by atoms with Crippen molar-refractivity contribution < 1.29 is 14.3 Å². The summed E-state index contributed by atoms with van der Waals surface area (Å²) in [6.07, 6.45) is 2.66. The summed E-state index contributed by atoms with van der Waals surface area (Å²) in [7, 11) is 1.66. The van der Waals surface area contributed by atoms with E-state index < -0.39 is 0 Å². The summed E-state index contributed by atoms with van der Waals surface area (Å²) in [6, 6.07) is 3.78. The number of pyridine rings is 1. The summed E-state index contributed by atoms with van der Waals surface area (Å²) in [4.78, 5) is 21.0. The van der Waals surface area contributed by atoms with Crippen LogP contribution in [0.2, 0.25) is 0 Å². The van der Waals surface area contributed by atoms with Crippen LogP contribution < -0.4 is 4.90 Å². The van der Waals surface area contributed by atoms with Gasteiger partial charge in [-0.05, 0) is 32.4 Å². The highest BCUT2D eigenvalue weighted by Gasteiger charge is 2.27. The summed E-state index contributed by atoms with van der Waals surface area (Å²) in [5, 5.41) is 0. The van der Waals surface area contributed by atoms with Gasteiger partial charge in [0.25, 0.3) is 5.91 Å². The van der Waals surface area contributed by atoms with Gasteiger partial charge in [-0.1, -0.05) is 0 Å². The number of amides is 1. The highest BCUT2D eigenvalue weighted by Crippen LogP contribution is 2.17. The summed E-state index contributed by atoms with van der Waals surface area (Å²) in [5.41, 5.74) is 0.637. The van der Waals surface area contributed by atoms with Gasteiger partial charge in [0.15, 0.2) is 0 Å². The lowest BCUT2D eigenvalue weighted by Gasteiger charge is -2.20. The number of likely N-dealkylation sites (tertiary alicyclic amines) is 1. The van der Waals surface area contributed by atoms with Crippen LogP contribution in [0.5, 0.6) is 0 Å². The van der Waals surface area contributed by atoms with Crippen molar-refractivity contribution in [3.63, 3.8) is 0 Å². The zero-order valence-electron chi connectivity index (χ0n) is 14.3. The molecule has 6 nitrogen and oxygen atoms in total. The summed E-state index contributed by atoms with van der Waals surface area (Å²) < 4.78 is 10.7. The fourth-order valence-corrected chi connectivity index (χ4v) is 2.78. The molecule has 128 valence electrons. The molecular weight excluding hydrogens is 294 g/mol. The molecule has 0 saturated carbocycles. The summed E-state index contributed by atoms with van der Waals surface area (Å²) in [6.45, 7) is 8.53. The molecule has 1 aliphatic heterocycles. The number of rotatable bonds is 8. The number of hydrogen-bond donors (Lipinski definition) is 0. The molecule has 1 atom stereocenters. The summed E-state index contributed by atoms with van der Waals surface area (Å²) in [5.74, 6) is 0.940. The maximum absolute atomic E-state index is 12.5. The smallest absolute Gasteiger partial charge is 0.255 e. The first kappa shape index (κ1) is 17.7. The average Bonchev–Trinajstić information content (AvgIpc) is 3.05. The van der Waals surface area contributed by atoms with Crippen LogP contribution in [0, 0.1) is 0 Å². The molecule has 1 aliphatic rings. The SMILES string of the molecule is CCN(CC)c1ccc(C(=O)N2CC[C@@H](OCCOC)C2)cn1. The lowest BCUT2D eigenvalue weighted by molar-refractivity contribution is 0.0218. The minimum Gasteiger partial charge on any atom is -0.382 e. The van der Waals surface area contributed by atoms with Gasteiger partial charge in [-0.25, -0.2) is 4.98 Å². The molecule has 6 heteroatoms. The second-order valence-electron chi connectivity index (χ2n) is 5.60. The number of methoxy groups -OCH3 is 1. The molecular formula is C17H27N3O3. The minimum absolute atomic E-state index is 0.0291. The van der Waals surface area contributed by atoms with Crippen molar-refractivity contribution >= 4 is 11.7 Å². The highest BCUT2D eigenvalue weighted by atomic mass is 16.5.